The highest BCUT2D eigenvalue weighted by Crippen LogP contribution is 2.44. The molecular formula is C42H37NO. The third-order valence-electron chi connectivity index (χ3n) is 8.71. The zero-order valence-electron chi connectivity index (χ0n) is 25.5. The van der Waals surface area contributed by atoms with Gasteiger partial charge in [-0.15, -0.1) is 0 Å². The molecule has 0 atom stereocenters. The van der Waals surface area contributed by atoms with Gasteiger partial charge in [0.2, 0.25) is 0 Å². The molecule has 2 nitrogen and oxygen atoms in total. The second-order valence-electron chi connectivity index (χ2n) is 11.7. The third kappa shape index (κ3) is 5.44. The van der Waals surface area contributed by atoms with Crippen LogP contribution in [0.3, 0.4) is 0 Å². The van der Waals surface area contributed by atoms with Crippen molar-refractivity contribution in [2.75, 3.05) is 0 Å². The number of aliphatic imine (C=N–C) groups is 1. The fraction of sp³-hybridized carbons (Fsp3) is 0.167. The standard InChI is InChI=1S/C42H37NO/c1-3-4-20-36(41(30-15-6-5-7-16-30)43-40-22-13-8-14-29(40)2)33-23-25-35-31(27-33)17-9-11-19-34-24-26-38-39(35)28-32-18-10-12-21-37(32)42(38)44-34/h5-16,18-23,25,27-28H,3-4,17,24,26H2,1-2H3/b11-9-,34-19+,36-20+,43-41?. The van der Waals surface area contributed by atoms with E-state index in [0.717, 1.165) is 60.6 Å². The lowest BCUT2D eigenvalue weighted by Gasteiger charge is -2.25. The molecule has 1 aliphatic carbocycles. The molecule has 44 heavy (non-hydrogen) atoms. The maximum Gasteiger partial charge on any atom is 0.138 e. The minimum Gasteiger partial charge on any atom is -0.461 e. The summed E-state index contributed by atoms with van der Waals surface area (Å²) in [5.74, 6) is 2.05. The van der Waals surface area contributed by atoms with E-state index in [0.29, 0.717) is 0 Å². The molecule has 216 valence electrons. The number of benzene rings is 5. The van der Waals surface area contributed by atoms with Crippen LogP contribution in [0.15, 0.2) is 138 Å². The molecule has 5 aromatic rings. The highest BCUT2D eigenvalue weighted by molar-refractivity contribution is 6.32. The van der Waals surface area contributed by atoms with Crippen LogP contribution in [0.5, 0.6) is 5.75 Å². The Morgan fingerprint density at radius 2 is 1.64 bits per heavy atom. The summed E-state index contributed by atoms with van der Waals surface area (Å²) >= 11 is 0. The Labute approximate surface area is 260 Å². The van der Waals surface area contributed by atoms with Crippen LogP contribution in [-0.4, -0.2) is 5.71 Å². The molecule has 2 heterocycles. The highest BCUT2D eigenvalue weighted by atomic mass is 16.5. The van der Waals surface area contributed by atoms with Crippen molar-refractivity contribution in [3.63, 3.8) is 0 Å². The van der Waals surface area contributed by atoms with Gasteiger partial charge >= 0.3 is 0 Å². The van der Waals surface area contributed by atoms with E-state index in [2.05, 4.69) is 141 Å². The highest BCUT2D eigenvalue weighted by Gasteiger charge is 2.24. The van der Waals surface area contributed by atoms with Gasteiger partial charge in [0, 0.05) is 28.5 Å². The SMILES string of the molecule is CCC/C=C(/C(=Nc1ccccc1C)c1ccccc1)c1ccc2c(c1)C/C=C\C=C1/CCc3c-2cc2ccccc2c3O1. The Morgan fingerprint density at radius 1 is 0.818 bits per heavy atom. The van der Waals surface area contributed by atoms with Crippen molar-refractivity contribution in [3.05, 3.63) is 161 Å². The lowest BCUT2D eigenvalue weighted by atomic mass is 9.85. The van der Waals surface area contributed by atoms with E-state index >= 15 is 0 Å². The van der Waals surface area contributed by atoms with E-state index in [-0.39, 0.29) is 0 Å². The maximum atomic E-state index is 6.57. The lowest BCUT2D eigenvalue weighted by molar-refractivity contribution is 0.383. The monoisotopic (exact) mass is 571 g/mol. The molecule has 0 saturated heterocycles. The van der Waals surface area contributed by atoms with Crippen LogP contribution in [-0.2, 0) is 12.8 Å². The second-order valence-corrected chi connectivity index (χ2v) is 11.7. The minimum atomic E-state index is 0.839. The molecule has 0 unspecified atom stereocenters. The molecule has 0 radical (unpaired) electrons. The zero-order chi connectivity index (χ0) is 29.9. The average Bonchev–Trinajstić information content (AvgIpc) is 3.11. The van der Waals surface area contributed by atoms with Crippen molar-refractivity contribution in [1.82, 2.24) is 0 Å². The molecule has 4 bridgehead atoms. The first-order valence-electron chi connectivity index (χ1n) is 15.8. The first kappa shape index (κ1) is 27.9. The van der Waals surface area contributed by atoms with Gasteiger partial charge in [0.1, 0.15) is 11.5 Å². The molecule has 0 amide bonds. The van der Waals surface area contributed by atoms with Crippen LogP contribution in [0.4, 0.5) is 5.69 Å². The summed E-state index contributed by atoms with van der Waals surface area (Å²) in [6.07, 6.45) is 13.7. The fourth-order valence-corrected chi connectivity index (χ4v) is 6.40. The van der Waals surface area contributed by atoms with Crippen molar-refractivity contribution in [1.29, 1.82) is 0 Å². The van der Waals surface area contributed by atoms with E-state index in [1.165, 1.54) is 49.7 Å². The van der Waals surface area contributed by atoms with Gasteiger partial charge in [-0.2, -0.15) is 0 Å². The van der Waals surface area contributed by atoms with Gasteiger partial charge in [0.15, 0.2) is 0 Å². The number of hydrogen-bond donors (Lipinski definition) is 0. The van der Waals surface area contributed by atoms with Crippen LogP contribution in [0.1, 0.15) is 54.0 Å². The number of hydrogen-bond acceptors (Lipinski definition) is 2. The molecule has 3 aliphatic rings. The summed E-state index contributed by atoms with van der Waals surface area (Å²) in [5, 5.41) is 2.40. The van der Waals surface area contributed by atoms with Crippen molar-refractivity contribution >= 4 is 27.7 Å². The Balaban J connectivity index is 1.44. The fourth-order valence-electron chi connectivity index (χ4n) is 6.40. The van der Waals surface area contributed by atoms with E-state index in [9.17, 15) is 0 Å². The summed E-state index contributed by atoms with van der Waals surface area (Å²) < 4.78 is 6.57. The smallest absolute Gasteiger partial charge is 0.138 e. The quantitative estimate of drug-likeness (QED) is 0.186. The van der Waals surface area contributed by atoms with Gasteiger partial charge in [0.25, 0.3) is 0 Å². The summed E-state index contributed by atoms with van der Waals surface area (Å²) in [5.41, 5.74) is 11.9. The van der Waals surface area contributed by atoms with Crippen LogP contribution in [0.25, 0.3) is 27.5 Å². The Kier molecular flexibility index (Phi) is 7.81. The van der Waals surface area contributed by atoms with Crippen LogP contribution < -0.4 is 4.74 Å². The number of rotatable bonds is 6. The van der Waals surface area contributed by atoms with Gasteiger partial charge in [0.05, 0.1) is 11.4 Å². The number of ether oxygens (including phenoxy) is 1. The summed E-state index contributed by atoms with van der Waals surface area (Å²) in [7, 11) is 0. The van der Waals surface area contributed by atoms with Crippen molar-refractivity contribution in [2.24, 2.45) is 4.99 Å². The van der Waals surface area contributed by atoms with E-state index in [1.54, 1.807) is 0 Å². The molecule has 0 aromatic heterocycles. The van der Waals surface area contributed by atoms with E-state index < -0.39 is 0 Å². The molecule has 0 N–H and O–H groups in total. The van der Waals surface area contributed by atoms with Crippen molar-refractivity contribution in [3.8, 4) is 16.9 Å². The Bertz CT molecular complexity index is 1970. The van der Waals surface area contributed by atoms with Gasteiger partial charge in [-0.25, -0.2) is 4.99 Å². The predicted molar refractivity (Wildman–Crippen MR) is 186 cm³/mol. The predicted octanol–water partition coefficient (Wildman–Crippen LogP) is 11.1. The molecule has 0 fully saturated rings. The molecule has 0 spiro atoms. The van der Waals surface area contributed by atoms with E-state index in [4.69, 9.17) is 9.73 Å². The summed E-state index contributed by atoms with van der Waals surface area (Å²) in [6.45, 7) is 4.37. The van der Waals surface area contributed by atoms with Gasteiger partial charge < -0.3 is 4.74 Å². The average molecular weight is 572 g/mol. The van der Waals surface area contributed by atoms with Gasteiger partial charge in [-0.05, 0) is 77.6 Å². The van der Waals surface area contributed by atoms with Gasteiger partial charge in [-0.3, -0.25) is 0 Å². The first-order valence-corrected chi connectivity index (χ1v) is 15.8. The molecule has 8 rings (SSSR count). The first-order chi connectivity index (χ1) is 21.7. The third-order valence-corrected chi connectivity index (χ3v) is 8.71. The largest absolute Gasteiger partial charge is 0.461 e. The van der Waals surface area contributed by atoms with Crippen LogP contribution in [0.2, 0.25) is 0 Å². The second kappa shape index (κ2) is 12.3. The Morgan fingerprint density at radius 3 is 2.50 bits per heavy atom. The van der Waals surface area contributed by atoms with Crippen LogP contribution >= 0.6 is 0 Å². The minimum absolute atomic E-state index is 0.839. The number of fused-ring (bicyclic) bond motifs is 4. The molecule has 2 aliphatic heterocycles. The number of para-hydroxylation sites is 1. The molecule has 2 heteroatoms. The van der Waals surface area contributed by atoms with Crippen molar-refractivity contribution < 1.29 is 4.74 Å². The number of allylic oxidation sites excluding steroid dienone is 6. The van der Waals surface area contributed by atoms with E-state index in [1.807, 2.05) is 0 Å². The number of unbranched alkanes of at least 4 members (excludes halogenated alkanes) is 1. The van der Waals surface area contributed by atoms with Gasteiger partial charge in [-0.1, -0.05) is 123 Å². The number of nitrogens with zero attached hydrogens (tertiary/aromatic N) is 1. The molecular weight excluding hydrogens is 534 g/mol. The summed E-state index contributed by atoms with van der Waals surface area (Å²) in [4.78, 5) is 5.34. The Hall–Kier alpha value is -4.95. The van der Waals surface area contributed by atoms with Crippen molar-refractivity contribution in [2.45, 2.75) is 46.0 Å². The maximum absolute atomic E-state index is 6.57. The molecule has 0 saturated carbocycles. The lowest BCUT2D eigenvalue weighted by Crippen LogP contribution is -2.09. The molecule has 5 aromatic carbocycles. The van der Waals surface area contributed by atoms with Crippen LogP contribution in [0, 0.1) is 6.92 Å². The normalized spacial score (nSPS) is 16.5. The zero-order valence-corrected chi connectivity index (χ0v) is 25.5. The summed E-state index contributed by atoms with van der Waals surface area (Å²) in [6, 6.07) is 37.0. The topological polar surface area (TPSA) is 21.6 Å². The number of aryl methyl sites for hydroxylation is 1.